The number of hydrogen-bond acceptors (Lipinski definition) is 4. The highest BCUT2D eigenvalue weighted by molar-refractivity contribution is 5.98. The lowest BCUT2D eigenvalue weighted by molar-refractivity contribution is 0.0950. The predicted molar refractivity (Wildman–Crippen MR) is 107 cm³/mol. The smallest absolute Gasteiger partial charge is 0.253 e. The van der Waals surface area contributed by atoms with Crippen molar-refractivity contribution in [3.05, 3.63) is 71.3 Å². The van der Waals surface area contributed by atoms with Crippen molar-refractivity contribution in [2.24, 2.45) is 0 Å². The zero-order valence-corrected chi connectivity index (χ0v) is 16.2. The average Bonchev–Trinajstić information content (AvgIpc) is 3.26. The first-order valence-corrected chi connectivity index (χ1v) is 9.56. The number of ether oxygens (including phenoxy) is 1. The highest BCUT2D eigenvalue weighted by Gasteiger charge is 2.22. The van der Waals surface area contributed by atoms with Gasteiger partial charge in [0.15, 0.2) is 0 Å². The summed E-state index contributed by atoms with van der Waals surface area (Å²) < 4.78 is 7.11. The first-order valence-electron chi connectivity index (χ1n) is 9.56. The topological polar surface area (TPSA) is 69.0 Å². The van der Waals surface area contributed by atoms with Crippen LogP contribution in [0, 0.1) is 6.92 Å². The Labute approximate surface area is 164 Å². The fourth-order valence-electron chi connectivity index (χ4n) is 3.92. The van der Waals surface area contributed by atoms with E-state index in [4.69, 9.17) is 4.74 Å². The average molecular weight is 376 g/mol. The van der Waals surface area contributed by atoms with Crippen LogP contribution in [0.2, 0.25) is 0 Å². The minimum Gasteiger partial charge on any atom is -0.497 e. The van der Waals surface area contributed by atoms with E-state index in [1.165, 1.54) is 11.1 Å². The number of rotatable bonds is 5. The second-order valence-corrected chi connectivity index (χ2v) is 7.25. The maximum Gasteiger partial charge on any atom is 0.253 e. The third kappa shape index (κ3) is 3.63. The molecule has 0 radical (unpaired) electrons. The Hall–Kier alpha value is -3.15. The molecule has 144 valence electrons. The van der Waals surface area contributed by atoms with Gasteiger partial charge in [0.1, 0.15) is 18.4 Å². The second kappa shape index (κ2) is 7.84. The highest BCUT2D eigenvalue weighted by Crippen LogP contribution is 2.33. The summed E-state index contributed by atoms with van der Waals surface area (Å²) in [6, 6.07) is 12.1. The molecule has 0 fully saturated rings. The minimum absolute atomic E-state index is 0.0759. The Morgan fingerprint density at radius 3 is 2.82 bits per heavy atom. The summed E-state index contributed by atoms with van der Waals surface area (Å²) in [5.41, 5.74) is 5.09. The molecule has 1 aliphatic rings. The third-order valence-corrected chi connectivity index (χ3v) is 5.39. The molecule has 1 unspecified atom stereocenters. The largest absolute Gasteiger partial charge is 0.497 e. The van der Waals surface area contributed by atoms with Gasteiger partial charge in [0.2, 0.25) is 0 Å². The molecule has 1 N–H and O–H groups in total. The van der Waals surface area contributed by atoms with Crippen molar-refractivity contribution in [1.82, 2.24) is 20.1 Å². The third-order valence-electron chi connectivity index (χ3n) is 5.39. The van der Waals surface area contributed by atoms with Gasteiger partial charge in [0, 0.05) is 12.5 Å². The first-order chi connectivity index (χ1) is 13.7. The molecule has 1 aliphatic carbocycles. The number of carbonyl (C=O) groups excluding carboxylic acids is 1. The van der Waals surface area contributed by atoms with Crippen LogP contribution < -0.4 is 10.1 Å². The number of fused-ring (bicyclic) bond motifs is 1. The van der Waals surface area contributed by atoms with Crippen LogP contribution in [-0.2, 0) is 6.42 Å². The Balaban J connectivity index is 1.53. The zero-order chi connectivity index (χ0) is 19.5. The maximum absolute atomic E-state index is 13.0. The monoisotopic (exact) mass is 376 g/mol. The number of aryl methyl sites for hydroxylation is 2. The first kappa shape index (κ1) is 18.2. The van der Waals surface area contributed by atoms with Crippen LogP contribution in [-0.4, -0.2) is 34.3 Å². The van der Waals surface area contributed by atoms with E-state index in [0.717, 1.165) is 36.3 Å². The maximum atomic E-state index is 13.0. The second-order valence-electron chi connectivity index (χ2n) is 7.25. The van der Waals surface area contributed by atoms with Gasteiger partial charge in [-0.25, -0.2) is 0 Å². The molecular formula is C22H24N4O2. The van der Waals surface area contributed by atoms with Gasteiger partial charge in [-0.2, -0.15) is 0 Å². The van der Waals surface area contributed by atoms with Crippen LogP contribution >= 0.6 is 0 Å². The van der Waals surface area contributed by atoms with Crippen LogP contribution in [0.15, 0.2) is 49.1 Å². The summed E-state index contributed by atoms with van der Waals surface area (Å²) >= 11 is 0. The Morgan fingerprint density at radius 2 is 2.04 bits per heavy atom. The number of carbonyl (C=O) groups is 1. The summed E-state index contributed by atoms with van der Waals surface area (Å²) in [5, 5.41) is 10.8. The summed E-state index contributed by atoms with van der Waals surface area (Å²) in [7, 11) is 1.69. The molecule has 0 spiro atoms. The number of methoxy groups -OCH3 is 1. The molecule has 6 nitrogen and oxygen atoms in total. The van der Waals surface area contributed by atoms with E-state index < -0.39 is 0 Å². The summed E-state index contributed by atoms with van der Waals surface area (Å²) in [6.07, 6.45) is 6.47. The van der Waals surface area contributed by atoms with Crippen LogP contribution in [0.4, 0.5) is 0 Å². The van der Waals surface area contributed by atoms with Gasteiger partial charge in [-0.15, -0.1) is 10.2 Å². The predicted octanol–water partition coefficient (Wildman–Crippen LogP) is 3.43. The highest BCUT2D eigenvalue weighted by atomic mass is 16.5. The molecule has 0 bridgehead atoms. The molecule has 6 heteroatoms. The van der Waals surface area contributed by atoms with Gasteiger partial charge >= 0.3 is 0 Å². The zero-order valence-electron chi connectivity index (χ0n) is 16.2. The van der Waals surface area contributed by atoms with Crippen LogP contribution in [0.5, 0.6) is 5.75 Å². The van der Waals surface area contributed by atoms with Crippen molar-refractivity contribution in [3.8, 4) is 11.4 Å². The molecule has 1 amide bonds. The van der Waals surface area contributed by atoms with E-state index in [0.29, 0.717) is 18.0 Å². The number of nitrogens with one attached hydrogen (secondary N) is 1. The van der Waals surface area contributed by atoms with Crippen molar-refractivity contribution in [2.75, 3.05) is 13.7 Å². The Bertz CT molecular complexity index is 982. The molecule has 1 aromatic heterocycles. The molecule has 28 heavy (non-hydrogen) atoms. The minimum atomic E-state index is -0.0759. The van der Waals surface area contributed by atoms with Crippen LogP contribution in [0.1, 0.15) is 45.8 Å². The van der Waals surface area contributed by atoms with Crippen molar-refractivity contribution in [3.63, 3.8) is 0 Å². The van der Waals surface area contributed by atoms with E-state index in [9.17, 15) is 4.79 Å². The lowest BCUT2D eigenvalue weighted by Crippen LogP contribution is -2.30. The standard InChI is InChI=1S/C22H24N4O2/c1-15-6-9-21(26-13-24-25-14-26)20(10-15)22(27)23-12-17-5-3-4-16-11-18(28-2)7-8-19(16)17/h6-11,13-14,17H,3-5,12H2,1-2H3,(H,23,27). The Kier molecular flexibility index (Phi) is 5.10. The summed E-state index contributed by atoms with van der Waals surface area (Å²) in [6.45, 7) is 2.60. The molecule has 0 aliphatic heterocycles. The molecule has 1 heterocycles. The lowest BCUT2D eigenvalue weighted by Gasteiger charge is -2.26. The van der Waals surface area contributed by atoms with E-state index in [2.05, 4.69) is 27.6 Å². The van der Waals surface area contributed by atoms with Crippen LogP contribution in [0.3, 0.4) is 0 Å². The van der Waals surface area contributed by atoms with Gasteiger partial charge in [-0.05, 0) is 61.6 Å². The van der Waals surface area contributed by atoms with Gasteiger partial charge in [-0.3, -0.25) is 9.36 Å². The van der Waals surface area contributed by atoms with Gasteiger partial charge in [0.05, 0.1) is 18.4 Å². The normalized spacial score (nSPS) is 15.7. The molecule has 1 atom stereocenters. The van der Waals surface area contributed by atoms with Crippen molar-refractivity contribution in [2.45, 2.75) is 32.1 Å². The van der Waals surface area contributed by atoms with E-state index in [1.54, 1.807) is 24.3 Å². The number of hydrogen-bond donors (Lipinski definition) is 1. The van der Waals surface area contributed by atoms with Gasteiger partial charge in [-0.1, -0.05) is 17.7 Å². The number of amides is 1. The lowest BCUT2D eigenvalue weighted by atomic mass is 9.82. The van der Waals surface area contributed by atoms with Crippen molar-refractivity contribution in [1.29, 1.82) is 0 Å². The van der Waals surface area contributed by atoms with Crippen molar-refractivity contribution >= 4 is 5.91 Å². The van der Waals surface area contributed by atoms with E-state index >= 15 is 0 Å². The molecular weight excluding hydrogens is 352 g/mol. The van der Waals surface area contributed by atoms with Gasteiger partial charge in [0.25, 0.3) is 5.91 Å². The fourth-order valence-corrected chi connectivity index (χ4v) is 3.92. The fraction of sp³-hybridized carbons (Fsp3) is 0.318. The summed E-state index contributed by atoms with van der Waals surface area (Å²) in [5.74, 6) is 1.14. The SMILES string of the molecule is COc1ccc2c(c1)CCCC2CNC(=O)c1cc(C)ccc1-n1cnnc1. The van der Waals surface area contributed by atoms with E-state index in [-0.39, 0.29) is 5.91 Å². The number of benzene rings is 2. The molecule has 0 saturated heterocycles. The van der Waals surface area contributed by atoms with Crippen LogP contribution in [0.25, 0.3) is 5.69 Å². The number of nitrogens with zero attached hydrogens (tertiary/aromatic N) is 3. The summed E-state index contributed by atoms with van der Waals surface area (Å²) in [4.78, 5) is 13.0. The van der Waals surface area contributed by atoms with E-state index in [1.807, 2.05) is 31.2 Å². The Morgan fingerprint density at radius 1 is 1.21 bits per heavy atom. The number of aromatic nitrogens is 3. The quantitative estimate of drug-likeness (QED) is 0.741. The molecule has 2 aromatic carbocycles. The van der Waals surface area contributed by atoms with Crippen molar-refractivity contribution < 1.29 is 9.53 Å². The molecule has 4 rings (SSSR count). The molecule has 0 saturated carbocycles. The molecule has 3 aromatic rings. The van der Waals surface area contributed by atoms with Gasteiger partial charge < -0.3 is 10.1 Å².